The van der Waals surface area contributed by atoms with Crippen LogP contribution in [0.1, 0.15) is 140 Å². The quantitative estimate of drug-likeness (QED) is 0.0612. The first-order chi connectivity index (χ1) is 19.5. The van der Waals surface area contributed by atoms with Crippen molar-refractivity contribution in [2.45, 2.75) is 129 Å². The molecule has 1 N–H and O–H groups in total. The molecule has 40 heavy (non-hydrogen) atoms. The van der Waals surface area contributed by atoms with Crippen LogP contribution in [-0.2, 0) is 14.2 Å². The molecule has 228 valence electrons. The van der Waals surface area contributed by atoms with E-state index in [0.29, 0.717) is 12.3 Å². The molecule has 0 bridgehead atoms. The maximum atomic E-state index is 12.3. The standard InChI is InChI=1S/C32H53NO7/c1-4-6-8-10-12-14-16-18-20-24-38-31(35)33-27-22-23-29(28(26-27)30(34)37-3)40-32(36)39-25-21-19-17-15-13-11-9-7-5-2/h22-23,26H,4-21,24-25H2,1-3H3,(H,33,35). The second-order valence-electron chi connectivity index (χ2n) is 10.3. The van der Waals surface area contributed by atoms with Crippen molar-refractivity contribution in [2.24, 2.45) is 0 Å². The minimum atomic E-state index is -0.884. The summed E-state index contributed by atoms with van der Waals surface area (Å²) in [4.78, 5) is 36.6. The third-order valence-corrected chi connectivity index (χ3v) is 6.77. The number of anilines is 1. The van der Waals surface area contributed by atoms with Crippen LogP contribution in [0.3, 0.4) is 0 Å². The number of amides is 1. The van der Waals surface area contributed by atoms with Gasteiger partial charge >= 0.3 is 18.2 Å². The number of benzene rings is 1. The highest BCUT2D eigenvalue weighted by Crippen LogP contribution is 2.25. The van der Waals surface area contributed by atoms with Crippen molar-refractivity contribution in [1.82, 2.24) is 0 Å². The second kappa shape index (κ2) is 24.1. The van der Waals surface area contributed by atoms with E-state index in [1.165, 1.54) is 102 Å². The lowest BCUT2D eigenvalue weighted by atomic mass is 10.1. The van der Waals surface area contributed by atoms with Crippen LogP contribution in [0.5, 0.6) is 5.75 Å². The summed E-state index contributed by atoms with van der Waals surface area (Å²) in [6.07, 6.45) is 19.6. The molecule has 8 nitrogen and oxygen atoms in total. The Morgan fingerprint density at radius 3 is 1.62 bits per heavy atom. The Balaban J connectivity index is 2.34. The van der Waals surface area contributed by atoms with Gasteiger partial charge in [0.1, 0.15) is 11.3 Å². The van der Waals surface area contributed by atoms with Crippen LogP contribution < -0.4 is 10.1 Å². The van der Waals surface area contributed by atoms with E-state index < -0.39 is 18.2 Å². The molecule has 0 spiro atoms. The van der Waals surface area contributed by atoms with Gasteiger partial charge in [0.05, 0.1) is 20.3 Å². The third kappa shape index (κ3) is 17.7. The minimum Gasteiger partial charge on any atom is -0.465 e. The van der Waals surface area contributed by atoms with Gasteiger partial charge < -0.3 is 18.9 Å². The van der Waals surface area contributed by atoms with Crippen molar-refractivity contribution >= 4 is 23.9 Å². The van der Waals surface area contributed by atoms with Crippen molar-refractivity contribution in [3.63, 3.8) is 0 Å². The number of carbonyl (C=O) groups is 3. The molecule has 0 aliphatic heterocycles. The highest BCUT2D eigenvalue weighted by molar-refractivity contribution is 5.95. The number of rotatable bonds is 23. The van der Waals surface area contributed by atoms with Crippen molar-refractivity contribution in [3.05, 3.63) is 23.8 Å². The number of ether oxygens (including phenoxy) is 4. The van der Waals surface area contributed by atoms with Crippen LogP contribution in [0.2, 0.25) is 0 Å². The fourth-order valence-corrected chi connectivity index (χ4v) is 4.39. The van der Waals surface area contributed by atoms with E-state index in [2.05, 4.69) is 19.2 Å². The lowest BCUT2D eigenvalue weighted by Crippen LogP contribution is -2.16. The Bertz CT molecular complexity index is 827. The molecule has 0 aliphatic rings. The van der Waals surface area contributed by atoms with E-state index in [9.17, 15) is 14.4 Å². The van der Waals surface area contributed by atoms with Gasteiger partial charge in [-0.15, -0.1) is 0 Å². The second-order valence-corrected chi connectivity index (χ2v) is 10.3. The zero-order valence-electron chi connectivity index (χ0n) is 25.2. The predicted molar refractivity (Wildman–Crippen MR) is 159 cm³/mol. The molecule has 0 unspecified atom stereocenters. The molecule has 0 aliphatic carbocycles. The third-order valence-electron chi connectivity index (χ3n) is 6.77. The van der Waals surface area contributed by atoms with Crippen molar-refractivity contribution in [3.8, 4) is 5.75 Å². The smallest absolute Gasteiger partial charge is 0.465 e. The molecule has 0 fully saturated rings. The van der Waals surface area contributed by atoms with Crippen molar-refractivity contribution < 1.29 is 33.3 Å². The van der Waals surface area contributed by atoms with E-state index in [-0.39, 0.29) is 17.9 Å². The number of hydrogen-bond donors (Lipinski definition) is 1. The number of methoxy groups -OCH3 is 1. The fraction of sp³-hybridized carbons (Fsp3) is 0.719. The van der Waals surface area contributed by atoms with E-state index in [1.807, 2.05) is 0 Å². The average Bonchev–Trinajstić information content (AvgIpc) is 2.95. The zero-order chi connectivity index (χ0) is 29.3. The first-order valence-electron chi connectivity index (χ1n) is 15.5. The Morgan fingerprint density at radius 1 is 0.650 bits per heavy atom. The Morgan fingerprint density at radius 2 is 1.12 bits per heavy atom. The molecule has 0 radical (unpaired) electrons. The van der Waals surface area contributed by atoms with Crippen LogP contribution in [-0.4, -0.2) is 38.5 Å². The Hall–Kier alpha value is -2.77. The molecular formula is C32H53NO7. The maximum Gasteiger partial charge on any atom is 0.513 e. The summed E-state index contributed by atoms with van der Waals surface area (Å²) in [6, 6.07) is 4.33. The minimum absolute atomic E-state index is 0.000685. The SMILES string of the molecule is CCCCCCCCCCCOC(=O)Nc1ccc(OC(=O)OCCCCCCCCCCC)c(C(=O)OC)c1. The molecule has 1 aromatic rings. The lowest BCUT2D eigenvalue weighted by molar-refractivity contribution is 0.0594. The first-order valence-corrected chi connectivity index (χ1v) is 15.5. The molecule has 1 amide bonds. The van der Waals surface area contributed by atoms with Gasteiger partial charge in [0, 0.05) is 5.69 Å². The summed E-state index contributed by atoms with van der Waals surface area (Å²) >= 11 is 0. The molecule has 0 saturated heterocycles. The molecule has 0 atom stereocenters. The van der Waals surface area contributed by atoms with Crippen LogP contribution >= 0.6 is 0 Å². The summed E-state index contributed by atoms with van der Waals surface area (Å²) in [5, 5.41) is 2.60. The normalized spacial score (nSPS) is 10.7. The highest BCUT2D eigenvalue weighted by atomic mass is 16.7. The van der Waals surface area contributed by atoms with Gasteiger partial charge in [0.2, 0.25) is 0 Å². The molecule has 1 rings (SSSR count). The molecular weight excluding hydrogens is 510 g/mol. The monoisotopic (exact) mass is 563 g/mol. The molecule has 1 aromatic carbocycles. The van der Waals surface area contributed by atoms with Crippen LogP contribution in [0.25, 0.3) is 0 Å². The maximum absolute atomic E-state index is 12.3. The van der Waals surface area contributed by atoms with Gasteiger partial charge in [-0.05, 0) is 31.0 Å². The number of hydrogen-bond acceptors (Lipinski definition) is 7. The molecule has 8 heteroatoms. The predicted octanol–water partition coefficient (Wildman–Crippen LogP) is 9.60. The molecule has 0 saturated carbocycles. The lowest BCUT2D eigenvalue weighted by Gasteiger charge is -2.12. The van der Waals surface area contributed by atoms with Gasteiger partial charge in [0.15, 0.2) is 0 Å². The first kappa shape index (κ1) is 35.3. The van der Waals surface area contributed by atoms with Crippen LogP contribution in [0, 0.1) is 0 Å². The van der Waals surface area contributed by atoms with E-state index in [0.717, 1.165) is 38.5 Å². The average molecular weight is 564 g/mol. The Kier molecular flexibility index (Phi) is 21.2. The van der Waals surface area contributed by atoms with Crippen molar-refractivity contribution in [2.75, 3.05) is 25.6 Å². The summed E-state index contributed by atoms with van der Waals surface area (Å²) < 4.78 is 20.5. The largest absolute Gasteiger partial charge is 0.513 e. The van der Waals surface area contributed by atoms with Crippen molar-refractivity contribution in [1.29, 1.82) is 0 Å². The summed E-state index contributed by atoms with van der Waals surface area (Å²) in [6.45, 7) is 5.02. The Labute approximate surface area is 241 Å². The molecule has 0 heterocycles. The van der Waals surface area contributed by atoms with Gasteiger partial charge in [-0.1, -0.05) is 117 Å². The fourth-order valence-electron chi connectivity index (χ4n) is 4.39. The van der Waals surface area contributed by atoms with E-state index in [4.69, 9.17) is 18.9 Å². The van der Waals surface area contributed by atoms with Crippen LogP contribution in [0.4, 0.5) is 15.3 Å². The van der Waals surface area contributed by atoms with Gasteiger partial charge in [-0.3, -0.25) is 5.32 Å². The van der Waals surface area contributed by atoms with Gasteiger partial charge in [-0.2, -0.15) is 0 Å². The number of carbonyl (C=O) groups excluding carboxylic acids is 3. The van der Waals surface area contributed by atoms with Crippen LogP contribution in [0.15, 0.2) is 18.2 Å². The summed E-state index contributed by atoms with van der Waals surface area (Å²) in [5.74, 6) is -0.703. The van der Waals surface area contributed by atoms with E-state index >= 15 is 0 Å². The van der Waals surface area contributed by atoms with E-state index in [1.54, 1.807) is 0 Å². The van der Waals surface area contributed by atoms with Gasteiger partial charge in [0.25, 0.3) is 0 Å². The highest BCUT2D eigenvalue weighted by Gasteiger charge is 2.18. The topological polar surface area (TPSA) is 100 Å². The summed E-state index contributed by atoms with van der Waals surface area (Å²) in [5.41, 5.74) is 0.326. The number of unbranched alkanes of at least 4 members (excludes halogenated alkanes) is 16. The van der Waals surface area contributed by atoms with Gasteiger partial charge in [-0.25, -0.2) is 14.4 Å². The molecule has 0 aromatic heterocycles. The zero-order valence-corrected chi connectivity index (χ0v) is 25.2. The summed E-state index contributed by atoms with van der Waals surface area (Å²) in [7, 11) is 1.23. The number of nitrogens with one attached hydrogen (secondary N) is 1. The number of esters is 1.